The molecule has 0 spiro atoms. The third-order valence-electron chi connectivity index (χ3n) is 2.74. The van der Waals surface area contributed by atoms with Crippen LogP contribution in [0.3, 0.4) is 0 Å². The van der Waals surface area contributed by atoms with Gasteiger partial charge in [0, 0.05) is 18.6 Å². The summed E-state index contributed by atoms with van der Waals surface area (Å²) in [5.74, 6) is -0.467. The van der Waals surface area contributed by atoms with E-state index in [-0.39, 0.29) is 13.0 Å². The van der Waals surface area contributed by atoms with Crippen LogP contribution in [-0.4, -0.2) is 22.8 Å². The number of aliphatic hydroxyl groups is 1. The zero-order valence-corrected chi connectivity index (χ0v) is 8.41. The lowest BCUT2D eigenvalue weighted by Gasteiger charge is -2.18. The first kappa shape index (κ1) is 11.2. The molecule has 1 saturated carbocycles. The van der Waals surface area contributed by atoms with Crippen LogP contribution in [0.4, 0.5) is 0 Å². The number of carbonyl (C=O) groups is 1. The van der Waals surface area contributed by atoms with Gasteiger partial charge in [0.25, 0.3) is 0 Å². The molecule has 0 aliphatic heterocycles. The summed E-state index contributed by atoms with van der Waals surface area (Å²) in [7, 11) is 0. The van der Waals surface area contributed by atoms with Gasteiger partial charge in [-0.05, 0) is 18.8 Å². The first-order valence-corrected chi connectivity index (χ1v) is 5.29. The van der Waals surface area contributed by atoms with Crippen LogP contribution in [0.5, 0.6) is 0 Å². The van der Waals surface area contributed by atoms with Crippen LogP contribution >= 0.6 is 0 Å². The van der Waals surface area contributed by atoms with E-state index >= 15 is 0 Å². The Bertz CT molecular complexity index is 215. The van der Waals surface area contributed by atoms with Gasteiger partial charge in [-0.25, -0.2) is 4.79 Å². The Morgan fingerprint density at radius 2 is 1.93 bits per heavy atom. The summed E-state index contributed by atoms with van der Waals surface area (Å²) in [6.07, 6.45) is 7.99. The van der Waals surface area contributed by atoms with Crippen molar-refractivity contribution in [1.82, 2.24) is 0 Å². The first-order chi connectivity index (χ1) is 6.74. The lowest BCUT2D eigenvalue weighted by molar-refractivity contribution is -0.132. The molecular weight excluding hydrogens is 180 g/mol. The summed E-state index contributed by atoms with van der Waals surface area (Å²) in [5.41, 5.74) is 0.374. The number of carboxylic acids is 1. The summed E-state index contributed by atoms with van der Waals surface area (Å²) in [6.45, 7) is -0.0785. The average molecular weight is 198 g/mol. The minimum Gasteiger partial charge on any atom is -0.478 e. The Morgan fingerprint density at radius 1 is 1.29 bits per heavy atom. The van der Waals surface area contributed by atoms with Gasteiger partial charge in [-0.3, -0.25) is 0 Å². The number of aliphatic hydroxyl groups excluding tert-OH is 1. The first-order valence-electron chi connectivity index (χ1n) is 5.29. The molecule has 0 amide bonds. The van der Waals surface area contributed by atoms with Crippen molar-refractivity contribution in [2.24, 2.45) is 5.92 Å². The van der Waals surface area contributed by atoms with E-state index in [1.165, 1.54) is 19.3 Å². The van der Waals surface area contributed by atoms with E-state index in [1.54, 1.807) is 0 Å². The zero-order chi connectivity index (χ0) is 10.4. The van der Waals surface area contributed by atoms with Gasteiger partial charge in [-0.2, -0.15) is 0 Å². The van der Waals surface area contributed by atoms with Gasteiger partial charge in [-0.1, -0.05) is 25.3 Å². The molecule has 1 aliphatic carbocycles. The molecule has 1 rings (SSSR count). The molecule has 0 aromatic carbocycles. The molecule has 0 bridgehead atoms. The smallest absolute Gasteiger partial charge is 0.331 e. The highest BCUT2D eigenvalue weighted by atomic mass is 16.4. The molecule has 3 nitrogen and oxygen atoms in total. The van der Waals surface area contributed by atoms with E-state index in [1.807, 2.05) is 6.08 Å². The summed E-state index contributed by atoms with van der Waals surface area (Å²) < 4.78 is 0. The molecular formula is C11H18O3. The van der Waals surface area contributed by atoms with Gasteiger partial charge in [0.15, 0.2) is 0 Å². The van der Waals surface area contributed by atoms with Crippen LogP contribution in [-0.2, 0) is 4.79 Å². The molecule has 14 heavy (non-hydrogen) atoms. The molecule has 3 heteroatoms. The Morgan fingerprint density at radius 3 is 2.43 bits per heavy atom. The molecule has 0 radical (unpaired) electrons. The number of rotatable bonds is 4. The fraction of sp³-hybridized carbons (Fsp3) is 0.727. The molecule has 0 unspecified atom stereocenters. The summed E-state index contributed by atoms with van der Waals surface area (Å²) >= 11 is 0. The number of hydrogen-bond acceptors (Lipinski definition) is 2. The third kappa shape index (κ3) is 3.50. The van der Waals surface area contributed by atoms with Crippen LogP contribution in [0.15, 0.2) is 11.6 Å². The van der Waals surface area contributed by atoms with E-state index in [9.17, 15) is 4.79 Å². The largest absolute Gasteiger partial charge is 0.478 e. The van der Waals surface area contributed by atoms with E-state index in [0.29, 0.717) is 11.5 Å². The van der Waals surface area contributed by atoms with Gasteiger partial charge in [0.2, 0.25) is 0 Å². The Balaban J connectivity index is 2.55. The highest BCUT2D eigenvalue weighted by molar-refractivity contribution is 5.86. The Hall–Kier alpha value is -0.830. The number of hydrogen-bond donors (Lipinski definition) is 2. The van der Waals surface area contributed by atoms with Crippen molar-refractivity contribution in [3.8, 4) is 0 Å². The average Bonchev–Trinajstić information content (AvgIpc) is 2.18. The van der Waals surface area contributed by atoms with Crippen molar-refractivity contribution >= 4 is 5.97 Å². The van der Waals surface area contributed by atoms with Crippen LogP contribution in [0.1, 0.15) is 38.5 Å². The quantitative estimate of drug-likeness (QED) is 0.679. The van der Waals surface area contributed by atoms with Gasteiger partial charge >= 0.3 is 5.97 Å². The highest BCUT2D eigenvalue weighted by Gasteiger charge is 2.14. The van der Waals surface area contributed by atoms with Crippen LogP contribution < -0.4 is 0 Å². The summed E-state index contributed by atoms with van der Waals surface area (Å²) in [5, 5.41) is 17.6. The van der Waals surface area contributed by atoms with Crippen LogP contribution in [0.25, 0.3) is 0 Å². The Kier molecular flexibility index (Phi) is 4.66. The number of carboxylic acid groups (broad SMARTS) is 1. The normalized spacial score (nSPS) is 19.6. The predicted molar refractivity (Wildman–Crippen MR) is 54.0 cm³/mol. The minimum atomic E-state index is -0.885. The molecule has 1 fully saturated rings. The minimum absolute atomic E-state index is 0.0785. The van der Waals surface area contributed by atoms with Crippen LogP contribution in [0.2, 0.25) is 0 Å². The van der Waals surface area contributed by atoms with Crippen molar-refractivity contribution in [2.75, 3.05) is 6.61 Å². The second-order valence-electron chi connectivity index (χ2n) is 3.87. The maximum atomic E-state index is 10.8. The zero-order valence-electron chi connectivity index (χ0n) is 8.41. The molecule has 1 aliphatic rings. The Labute approximate surface area is 84.4 Å². The lowest BCUT2D eigenvalue weighted by atomic mass is 9.87. The molecule has 0 heterocycles. The lowest BCUT2D eigenvalue weighted by Crippen LogP contribution is -2.09. The summed E-state index contributed by atoms with van der Waals surface area (Å²) in [6, 6.07) is 0. The second kappa shape index (κ2) is 5.81. The molecule has 0 aromatic rings. The van der Waals surface area contributed by atoms with Gasteiger partial charge < -0.3 is 10.2 Å². The van der Waals surface area contributed by atoms with Crippen LogP contribution in [0, 0.1) is 5.92 Å². The molecule has 0 aromatic heterocycles. The molecule has 0 saturated heterocycles. The third-order valence-corrected chi connectivity index (χ3v) is 2.74. The van der Waals surface area contributed by atoms with Crippen molar-refractivity contribution < 1.29 is 15.0 Å². The maximum absolute atomic E-state index is 10.8. The molecule has 2 N–H and O–H groups in total. The molecule has 0 atom stereocenters. The van der Waals surface area contributed by atoms with Gasteiger partial charge in [0.1, 0.15) is 0 Å². The van der Waals surface area contributed by atoms with Crippen molar-refractivity contribution in [3.05, 3.63) is 11.6 Å². The highest BCUT2D eigenvalue weighted by Crippen LogP contribution is 2.26. The topological polar surface area (TPSA) is 57.5 Å². The van der Waals surface area contributed by atoms with Crippen molar-refractivity contribution in [2.45, 2.75) is 38.5 Å². The van der Waals surface area contributed by atoms with E-state index in [0.717, 1.165) is 12.8 Å². The van der Waals surface area contributed by atoms with Crippen molar-refractivity contribution in [1.29, 1.82) is 0 Å². The van der Waals surface area contributed by atoms with E-state index < -0.39 is 5.97 Å². The number of allylic oxidation sites excluding steroid dienone is 1. The standard InChI is InChI=1S/C11H18O3/c12-7-6-10(11(13)14)8-9-4-2-1-3-5-9/h8-9,12H,1-7H2,(H,13,14). The van der Waals surface area contributed by atoms with Crippen molar-refractivity contribution in [3.63, 3.8) is 0 Å². The SMILES string of the molecule is O=C(O)C(=CC1CCCCC1)CCO. The molecule has 80 valence electrons. The fourth-order valence-corrected chi connectivity index (χ4v) is 1.97. The van der Waals surface area contributed by atoms with Gasteiger partial charge in [0.05, 0.1) is 0 Å². The van der Waals surface area contributed by atoms with E-state index in [2.05, 4.69) is 0 Å². The monoisotopic (exact) mass is 198 g/mol. The fourth-order valence-electron chi connectivity index (χ4n) is 1.97. The second-order valence-corrected chi connectivity index (χ2v) is 3.87. The van der Waals surface area contributed by atoms with Gasteiger partial charge in [-0.15, -0.1) is 0 Å². The maximum Gasteiger partial charge on any atom is 0.331 e. The summed E-state index contributed by atoms with van der Waals surface area (Å²) in [4.78, 5) is 10.8. The number of aliphatic carboxylic acids is 1. The van der Waals surface area contributed by atoms with E-state index in [4.69, 9.17) is 10.2 Å². The predicted octanol–water partition coefficient (Wildman–Crippen LogP) is 1.96.